The fraction of sp³-hybridized carbons (Fsp3) is 0.786. The Balaban J connectivity index is 2.52. The number of nitrogens with zero attached hydrogens (tertiary/aromatic N) is 1. The molecule has 2 N–H and O–H groups in total. The number of rotatable bonds is 4. The molecule has 120 valence electrons. The van der Waals surface area contributed by atoms with Crippen molar-refractivity contribution in [2.24, 2.45) is 0 Å². The second-order valence-electron chi connectivity index (χ2n) is 6.07. The van der Waals surface area contributed by atoms with Crippen molar-refractivity contribution in [1.82, 2.24) is 15.5 Å². The fourth-order valence-corrected chi connectivity index (χ4v) is 2.21. The number of hydrogen-bond acceptors (Lipinski definition) is 5. The minimum absolute atomic E-state index is 0.0149. The van der Waals surface area contributed by atoms with Crippen molar-refractivity contribution >= 4 is 17.9 Å². The molecule has 3 amide bonds. The molecule has 1 saturated heterocycles. The van der Waals surface area contributed by atoms with Crippen LogP contribution in [0.5, 0.6) is 0 Å². The van der Waals surface area contributed by atoms with E-state index >= 15 is 0 Å². The van der Waals surface area contributed by atoms with Crippen LogP contribution in [0, 0.1) is 0 Å². The van der Waals surface area contributed by atoms with E-state index in [1.165, 1.54) is 0 Å². The smallest absolute Gasteiger partial charge is 0.323 e. The SMILES string of the molecule is CCNC(=O)NC(=O)CN1CCC[C@@H]1C(=O)OC(C)(C)C. The van der Waals surface area contributed by atoms with E-state index in [0.717, 1.165) is 6.42 Å². The van der Waals surface area contributed by atoms with Gasteiger partial charge in [-0.05, 0) is 47.1 Å². The lowest BCUT2D eigenvalue weighted by molar-refractivity contribution is -0.160. The number of likely N-dealkylation sites (tertiary alicyclic amines) is 1. The van der Waals surface area contributed by atoms with Crippen molar-refractivity contribution in [3.05, 3.63) is 0 Å². The molecule has 1 rings (SSSR count). The third-order valence-electron chi connectivity index (χ3n) is 2.98. The van der Waals surface area contributed by atoms with Gasteiger partial charge in [-0.2, -0.15) is 0 Å². The summed E-state index contributed by atoms with van der Waals surface area (Å²) in [6.07, 6.45) is 1.50. The third kappa shape index (κ3) is 6.12. The predicted octanol–water partition coefficient (Wildman–Crippen LogP) is 0.638. The van der Waals surface area contributed by atoms with Crippen LogP contribution in [0.25, 0.3) is 0 Å². The molecule has 0 radical (unpaired) electrons. The molecule has 0 aromatic rings. The minimum atomic E-state index is -0.547. The van der Waals surface area contributed by atoms with Crippen LogP contribution < -0.4 is 10.6 Å². The molecule has 1 atom stereocenters. The lowest BCUT2D eigenvalue weighted by Gasteiger charge is -2.26. The summed E-state index contributed by atoms with van der Waals surface area (Å²) in [5.74, 6) is -0.734. The zero-order chi connectivity index (χ0) is 16.0. The van der Waals surface area contributed by atoms with E-state index in [0.29, 0.717) is 19.5 Å². The number of nitrogens with one attached hydrogen (secondary N) is 2. The van der Waals surface area contributed by atoms with Crippen LogP contribution >= 0.6 is 0 Å². The molecule has 1 aliphatic heterocycles. The maximum absolute atomic E-state index is 12.1. The van der Waals surface area contributed by atoms with E-state index in [1.807, 2.05) is 20.8 Å². The summed E-state index contributed by atoms with van der Waals surface area (Å²) in [6, 6.07) is -0.931. The van der Waals surface area contributed by atoms with Gasteiger partial charge in [0.25, 0.3) is 0 Å². The molecule has 0 bridgehead atoms. The molecule has 0 aliphatic carbocycles. The number of carbonyl (C=O) groups is 3. The number of urea groups is 1. The summed E-state index contributed by atoms with van der Waals surface area (Å²) in [6.45, 7) is 8.31. The largest absolute Gasteiger partial charge is 0.459 e. The molecule has 1 fully saturated rings. The second kappa shape index (κ2) is 7.40. The highest BCUT2D eigenvalue weighted by atomic mass is 16.6. The summed E-state index contributed by atoms with van der Waals surface area (Å²) >= 11 is 0. The van der Waals surface area contributed by atoms with Gasteiger partial charge < -0.3 is 10.1 Å². The zero-order valence-corrected chi connectivity index (χ0v) is 13.2. The van der Waals surface area contributed by atoms with Gasteiger partial charge in [-0.3, -0.25) is 19.8 Å². The van der Waals surface area contributed by atoms with E-state index in [-0.39, 0.29) is 12.5 Å². The van der Waals surface area contributed by atoms with Crippen LogP contribution in [0.1, 0.15) is 40.5 Å². The van der Waals surface area contributed by atoms with Gasteiger partial charge in [0.1, 0.15) is 11.6 Å². The van der Waals surface area contributed by atoms with E-state index in [1.54, 1.807) is 11.8 Å². The van der Waals surface area contributed by atoms with Gasteiger partial charge in [0.15, 0.2) is 0 Å². The van der Waals surface area contributed by atoms with Crippen molar-refractivity contribution in [3.63, 3.8) is 0 Å². The Hall–Kier alpha value is -1.63. The Labute approximate surface area is 125 Å². The highest BCUT2D eigenvalue weighted by molar-refractivity contribution is 5.95. The fourth-order valence-electron chi connectivity index (χ4n) is 2.21. The highest BCUT2D eigenvalue weighted by Gasteiger charge is 2.35. The van der Waals surface area contributed by atoms with Gasteiger partial charge in [-0.15, -0.1) is 0 Å². The molecule has 7 nitrogen and oxygen atoms in total. The number of carbonyl (C=O) groups excluding carboxylic acids is 3. The van der Waals surface area contributed by atoms with E-state index < -0.39 is 23.6 Å². The monoisotopic (exact) mass is 299 g/mol. The maximum Gasteiger partial charge on any atom is 0.323 e. The van der Waals surface area contributed by atoms with Gasteiger partial charge in [-0.1, -0.05) is 0 Å². The Morgan fingerprint density at radius 3 is 2.52 bits per heavy atom. The summed E-state index contributed by atoms with van der Waals surface area (Å²) in [4.78, 5) is 36.9. The molecular formula is C14H25N3O4. The molecule has 0 aromatic carbocycles. The number of esters is 1. The van der Waals surface area contributed by atoms with Crippen molar-refractivity contribution in [2.75, 3.05) is 19.6 Å². The van der Waals surface area contributed by atoms with Crippen molar-refractivity contribution < 1.29 is 19.1 Å². The Morgan fingerprint density at radius 1 is 1.29 bits per heavy atom. The first-order chi connectivity index (χ1) is 9.73. The summed E-state index contributed by atoms with van der Waals surface area (Å²) < 4.78 is 5.36. The van der Waals surface area contributed by atoms with Gasteiger partial charge >= 0.3 is 12.0 Å². The minimum Gasteiger partial charge on any atom is -0.459 e. The second-order valence-corrected chi connectivity index (χ2v) is 6.07. The van der Waals surface area contributed by atoms with Crippen molar-refractivity contribution in [2.45, 2.75) is 52.2 Å². The number of imide groups is 1. The Kier molecular flexibility index (Phi) is 6.14. The quantitative estimate of drug-likeness (QED) is 0.744. The topological polar surface area (TPSA) is 87.7 Å². The number of amides is 3. The molecule has 7 heteroatoms. The summed E-state index contributed by atoms with van der Waals surface area (Å²) in [7, 11) is 0. The lowest BCUT2D eigenvalue weighted by atomic mass is 10.1. The molecular weight excluding hydrogens is 274 g/mol. The van der Waals surface area contributed by atoms with E-state index in [2.05, 4.69) is 10.6 Å². The van der Waals surface area contributed by atoms with Crippen LogP contribution in [0.3, 0.4) is 0 Å². The zero-order valence-electron chi connectivity index (χ0n) is 13.2. The van der Waals surface area contributed by atoms with Crippen molar-refractivity contribution in [3.8, 4) is 0 Å². The molecule has 1 heterocycles. The van der Waals surface area contributed by atoms with Crippen molar-refractivity contribution in [1.29, 1.82) is 0 Å². The van der Waals surface area contributed by atoms with Gasteiger partial charge in [0.2, 0.25) is 5.91 Å². The van der Waals surface area contributed by atoms with Crippen LogP contribution in [0.15, 0.2) is 0 Å². The number of hydrogen-bond donors (Lipinski definition) is 2. The first kappa shape index (κ1) is 17.4. The summed E-state index contributed by atoms with van der Waals surface area (Å²) in [5, 5.41) is 4.72. The van der Waals surface area contributed by atoms with Crippen LogP contribution in [0.4, 0.5) is 4.79 Å². The predicted molar refractivity (Wildman–Crippen MR) is 77.7 cm³/mol. The summed E-state index contributed by atoms with van der Waals surface area (Å²) in [5.41, 5.74) is -0.547. The molecule has 0 unspecified atom stereocenters. The Morgan fingerprint density at radius 2 is 1.95 bits per heavy atom. The highest BCUT2D eigenvalue weighted by Crippen LogP contribution is 2.20. The number of ether oxygens (including phenoxy) is 1. The van der Waals surface area contributed by atoms with Gasteiger partial charge in [0, 0.05) is 6.54 Å². The normalized spacial score (nSPS) is 19.1. The first-order valence-electron chi connectivity index (χ1n) is 7.27. The molecule has 1 aliphatic rings. The van der Waals surface area contributed by atoms with E-state index in [9.17, 15) is 14.4 Å². The molecule has 0 aromatic heterocycles. The Bertz CT molecular complexity index is 404. The maximum atomic E-state index is 12.1. The first-order valence-corrected chi connectivity index (χ1v) is 7.27. The van der Waals surface area contributed by atoms with Crippen LogP contribution in [-0.4, -0.2) is 54.1 Å². The molecule has 0 saturated carbocycles. The lowest BCUT2D eigenvalue weighted by Crippen LogP contribution is -2.48. The molecule has 0 spiro atoms. The average Bonchev–Trinajstić information content (AvgIpc) is 2.74. The van der Waals surface area contributed by atoms with Gasteiger partial charge in [-0.25, -0.2) is 4.79 Å². The van der Waals surface area contributed by atoms with Crippen LogP contribution in [-0.2, 0) is 14.3 Å². The average molecular weight is 299 g/mol. The molecule has 21 heavy (non-hydrogen) atoms. The standard InChI is InChI=1S/C14H25N3O4/c1-5-15-13(20)16-11(18)9-17-8-6-7-10(17)12(19)21-14(2,3)4/h10H,5-9H2,1-4H3,(H2,15,16,18,20)/t10-/m1/s1. The van der Waals surface area contributed by atoms with Crippen LogP contribution in [0.2, 0.25) is 0 Å². The van der Waals surface area contributed by atoms with E-state index in [4.69, 9.17) is 4.74 Å². The van der Waals surface area contributed by atoms with Gasteiger partial charge in [0.05, 0.1) is 6.54 Å². The third-order valence-corrected chi connectivity index (χ3v) is 2.98.